The van der Waals surface area contributed by atoms with Crippen molar-refractivity contribution in [2.24, 2.45) is 0 Å². The minimum absolute atomic E-state index is 0.00623. The number of non-ortho nitro benzene ring substituents is 1. The summed E-state index contributed by atoms with van der Waals surface area (Å²) in [7, 11) is 0. The smallest absolute Gasteiger partial charge is 0.338 e. The fourth-order valence-electron chi connectivity index (χ4n) is 2.22. The first kappa shape index (κ1) is 18.7. The van der Waals surface area contributed by atoms with E-state index in [9.17, 15) is 19.7 Å². The SMILES string of the molecule is CC(OC(=O)c1ccc2ncsc2c1)C(=O)Nc1ccc([N+](=O)[O-])cc1Cl. The van der Waals surface area contributed by atoms with Gasteiger partial charge in [0.2, 0.25) is 0 Å². The van der Waals surface area contributed by atoms with Crippen molar-refractivity contribution >= 4 is 56.4 Å². The van der Waals surface area contributed by atoms with Crippen LogP contribution < -0.4 is 5.32 Å². The van der Waals surface area contributed by atoms with Crippen LogP contribution in [-0.4, -0.2) is 27.9 Å². The molecule has 0 saturated heterocycles. The molecule has 0 aliphatic rings. The first-order valence-electron chi connectivity index (χ1n) is 7.64. The highest BCUT2D eigenvalue weighted by molar-refractivity contribution is 7.16. The maximum atomic E-state index is 12.2. The third-order valence-corrected chi connectivity index (χ3v) is 4.75. The molecular weight excluding hydrogens is 394 g/mol. The molecule has 0 aliphatic carbocycles. The molecule has 0 spiro atoms. The minimum Gasteiger partial charge on any atom is -0.449 e. The molecule has 0 radical (unpaired) electrons. The Morgan fingerprint density at radius 3 is 2.78 bits per heavy atom. The lowest BCUT2D eigenvalue weighted by atomic mass is 10.2. The van der Waals surface area contributed by atoms with Gasteiger partial charge in [-0.05, 0) is 31.2 Å². The number of anilines is 1. The van der Waals surface area contributed by atoms with E-state index < -0.39 is 22.9 Å². The molecule has 27 heavy (non-hydrogen) atoms. The highest BCUT2D eigenvalue weighted by Gasteiger charge is 2.21. The molecule has 0 aliphatic heterocycles. The van der Waals surface area contributed by atoms with Crippen LogP contribution >= 0.6 is 22.9 Å². The Kier molecular flexibility index (Phi) is 5.33. The number of carbonyl (C=O) groups is 2. The van der Waals surface area contributed by atoms with Gasteiger partial charge in [-0.2, -0.15) is 0 Å². The molecule has 1 N–H and O–H groups in total. The van der Waals surface area contributed by atoms with E-state index >= 15 is 0 Å². The number of hydrogen-bond donors (Lipinski definition) is 1. The van der Waals surface area contributed by atoms with Crippen LogP contribution in [0.5, 0.6) is 0 Å². The van der Waals surface area contributed by atoms with Gasteiger partial charge in [0.1, 0.15) is 0 Å². The van der Waals surface area contributed by atoms with E-state index in [0.717, 1.165) is 16.3 Å². The second kappa shape index (κ2) is 7.68. The Morgan fingerprint density at radius 1 is 1.30 bits per heavy atom. The predicted molar refractivity (Wildman–Crippen MR) is 101 cm³/mol. The lowest BCUT2D eigenvalue weighted by Gasteiger charge is -2.14. The number of esters is 1. The summed E-state index contributed by atoms with van der Waals surface area (Å²) in [5.41, 5.74) is 2.73. The zero-order valence-corrected chi connectivity index (χ0v) is 15.4. The molecule has 1 unspecified atom stereocenters. The minimum atomic E-state index is -1.10. The van der Waals surface area contributed by atoms with Gasteiger partial charge in [-0.25, -0.2) is 9.78 Å². The lowest BCUT2D eigenvalue weighted by Crippen LogP contribution is -2.30. The first-order chi connectivity index (χ1) is 12.8. The third-order valence-electron chi connectivity index (χ3n) is 3.64. The Bertz CT molecular complexity index is 1050. The van der Waals surface area contributed by atoms with Gasteiger partial charge in [0.15, 0.2) is 6.10 Å². The number of carbonyl (C=O) groups excluding carboxylic acids is 2. The van der Waals surface area contributed by atoms with Crippen molar-refractivity contribution in [3.05, 3.63) is 62.6 Å². The largest absolute Gasteiger partial charge is 0.449 e. The topological polar surface area (TPSA) is 111 Å². The van der Waals surface area contributed by atoms with E-state index in [1.165, 1.54) is 30.4 Å². The number of thiazole rings is 1. The van der Waals surface area contributed by atoms with E-state index in [-0.39, 0.29) is 16.4 Å². The molecule has 8 nitrogen and oxygen atoms in total. The standard InChI is InChI=1S/C17H12ClN3O5S/c1-9(16(22)20-13-5-3-11(21(24)25)7-12(13)18)26-17(23)10-2-4-14-15(6-10)27-8-19-14/h2-9H,1H3,(H,20,22). The van der Waals surface area contributed by atoms with Gasteiger partial charge in [-0.1, -0.05) is 11.6 Å². The number of benzene rings is 2. The molecule has 3 rings (SSSR count). The zero-order chi connectivity index (χ0) is 19.6. The average Bonchev–Trinajstić information content (AvgIpc) is 3.10. The van der Waals surface area contributed by atoms with Crippen LogP contribution in [0.4, 0.5) is 11.4 Å². The monoisotopic (exact) mass is 405 g/mol. The van der Waals surface area contributed by atoms with Crippen molar-refractivity contribution in [1.29, 1.82) is 0 Å². The number of aromatic nitrogens is 1. The highest BCUT2D eigenvalue weighted by atomic mass is 35.5. The van der Waals surface area contributed by atoms with Gasteiger partial charge in [0.05, 0.1) is 36.9 Å². The second-order valence-electron chi connectivity index (χ2n) is 5.49. The number of halogens is 1. The summed E-state index contributed by atoms with van der Waals surface area (Å²) in [5, 5.41) is 13.2. The number of nitro groups is 1. The third kappa shape index (κ3) is 4.21. The highest BCUT2D eigenvalue weighted by Crippen LogP contribution is 2.27. The van der Waals surface area contributed by atoms with E-state index in [1.807, 2.05) is 0 Å². The van der Waals surface area contributed by atoms with Crippen LogP contribution in [0.3, 0.4) is 0 Å². The Morgan fingerprint density at radius 2 is 2.07 bits per heavy atom. The molecule has 1 heterocycles. The van der Waals surface area contributed by atoms with Crippen molar-refractivity contribution in [2.75, 3.05) is 5.32 Å². The number of nitrogens with one attached hydrogen (secondary N) is 1. The van der Waals surface area contributed by atoms with Crippen molar-refractivity contribution in [3.8, 4) is 0 Å². The second-order valence-corrected chi connectivity index (χ2v) is 6.79. The summed E-state index contributed by atoms with van der Waals surface area (Å²) >= 11 is 7.33. The first-order valence-corrected chi connectivity index (χ1v) is 8.90. The fourth-order valence-corrected chi connectivity index (χ4v) is 3.16. The van der Waals surface area contributed by atoms with Gasteiger partial charge < -0.3 is 10.1 Å². The summed E-state index contributed by atoms with van der Waals surface area (Å²) in [4.78, 5) is 38.7. The van der Waals surface area contributed by atoms with Crippen LogP contribution in [0.15, 0.2) is 41.9 Å². The van der Waals surface area contributed by atoms with Crippen LogP contribution in [0, 0.1) is 10.1 Å². The molecule has 0 saturated carbocycles. The van der Waals surface area contributed by atoms with Crippen molar-refractivity contribution < 1.29 is 19.2 Å². The van der Waals surface area contributed by atoms with E-state index in [4.69, 9.17) is 16.3 Å². The van der Waals surface area contributed by atoms with E-state index in [1.54, 1.807) is 23.7 Å². The number of nitrogens with zero attached hydrogens (tertiary/aromatic N) is 2. The van der Waals surface area contributed by atoms with Crippen molar-refractivity contribution in [3.63, 3.8) is 0 Å². The molecular formula is C17H12ClN3O5S. The predicted octanol–water partition coefficient (Wildman–Crippen LogP) is 4.04. The van der Waals surface area contributed by atoms with Gasteiger partial charge in [-0.15, -0.1) is 11.3 Å². The summed E-state index contributed by atoms with van der Waals surface area (Å²) in [6, 6.07) is 8.56. The molecule has 3 aromatic rings. The number of nitro benzene ring substituents is 1. The van der Waals surface area contributed by atoms with Gasteiger partial charge in [0, 0.05) is 12.1 Å². The van der Waals surface area contributed by atoms with Gasteiger partial charge >= 0.3 is 5.97 Å². The molecule has 2 aromatic carbocycles. The Balaban J connectivity index is 1.66. The molecule has 0 bridgehead atoms. The lowest BCUT2D eigenvalue weighted by molar-refractivity contribution is -0.384. The van der Waals surface area contributed by atoms with Crippen LogP contribution in [0.1, 0.15) is 17.3 Å². The summed E-state index contributed by atoms with van der Waals surface area (Å²) in [6.45, 7) is 1.41. The van der Waals surface area contributed by atoms with Crippen LogP contribution in [-0.2, 0) is 9.53 Å². The van der Waals surface area contributed by atoms with E-state index in [2.05, 4.69) is 10.3 Å². The zero-order valence-electron chi connectivity index (χ0n) is 13.8. The average molecular weight is 406 g/mol. The number of fused-ring (bicyclic) bond motifs is 1. The Hall–Kier alpha value is -3.04. The summed E-state index contributed by atoms with van der Waals surface area (Å²) in [6.07, 6.45) is -1.10. The van der Waals surface area contributed by atoms with Gasteiger partial charge in [0.25, 0.3) is 11.6 Å². The van der Waals surface area contributed by atoms with Crippen molar-refractivity contribution in [2.45, 2.75) is 13.0 Å². The van der Waals surface area contributed by atoms with Crippen molar-refractivity contribution in [1.82, 2.24) is 4.98 Å². The number of ether oxygens (including phenoxy) is 1. The maximum Gasteiger partial charge on any atom is 0.338 e. The molecule has 138 valence electrons. The summed E-state index contributed by atoms with van der Waals surface area (Å²) < 4.78 is 6.01. The normalized spacial score (nSPS) is 11.8. The van der Waals surface area contributed by atoms with Crippen LogP contribution in [0.25, 0.3) is 10.2 Å². The maximum absolute atomic E-state index is 12.2. The Labute approximate surface area is 161 Å². The number of amides is 1. The van der Waals surface area contributed by atoms with E-state index in [0.29, 0.717) is 5.56 Å². The number of hydrogen-bond acceptors (Lipinski definition) is 7. The molecule has 1 aromatic heterocycles. The molecule has 1 amide bonds. The number of rotatable bonds is 5. The summed E-state index contributed by atoms with van der Waals surface area (Å²) in [5.74, 6) is -1.26. The molecule has 0 fully saturated rings. The fraction of sp³-hybridized carbons (Fsp3) is 0.118. The van der Waals surface area contributed by atoms with Crippen LogP contribution in [0.2, 0.25) is 5.02 Å². The molecule has 10 heteroatoms. The molecule has 1 atom stereocenters. The quantitative estimate of drug-likeness (QED) is 0.389. The van der Waals surface area contributed by atoms with Gasteiger partial charge in [-0.3, -0.25) is 14.9 Å².